The van der Waals surface area contributed by atoms with E-state index in [9.17, 15) is 9.59 Å². The lowest BCUT2D eigenvalue weighted by Gasteiger charge is -2.35. The highest BCUT2D eigenvalue weighted by Gasteiger charge is 2.29. The van der Waals surface area contributed by atoms with E-state index in [1.54, 1.807) is 11.1 Å². The molecule has 4 aromatic rings. The Morgan fingerprint density at radius 2 is 1.80 bits per heavy atom. The highest BCUT2D eigenvalue weighted by molar-refractivity contribution is 5.95. The first-order chi connectivity index (χ1) is 17.0. The number of hydrogen-bond acceptors (Lipinski definition) is 4. The maximum absolute atomic E-state index is 13.4. The molecule has 1 N–H and O–H groups in total. The number of fused-ring (bicyclic) bond motifs is 3. The predicted octanol–water partition coefficient (Wildman–Crippen LogP) is 4.80. The van der Waals surface area contributed by atoms with Crippen LogP contribution < -0.4 is 0 Å². The Morgan fingerprint density at radius 1 is 1.00 bits per heavy atom. The summed E-state index contributed by atoms with van der Waals surface area (Å²) >= 11 is 0. The summed E-state index contributed by atoms with van der Waals surface area (Å²) in [6, 6.07) is 18.1. The minimum atomic E-state index is -0.371. The molecule has 0 aliphatic carbocycles. The Balaban J connectivity index is 1.11. The summed E-state index contributed by atoms with van der Waals surface area (Å²) in [6.45, 7) is 3.79. The molecule has 35 heavy (non-hydrogen) atoms. The zero-order valence-corrected chi connectivity index (χ0v) is 19.5. The molecular weight excluding hydrogens is 440 g/mol. The number of nitrogens with zero attached hydrogens (tertiary/aromatic N) is 3. The van der Waals surface area contributed by atoms with Crippen molar-refractivity contribution in [2.75, 3.05) is 0 Å². The molecule has 2 aliphatic rings. The predicted molar refractivity (Wildman–Crippen MR) is 131 cm³/mol. The van der Waals surface area contributed by atoms with Gasteiger partial charge in [0.2, 0.25) is 0 Å². The number of H-pyrrole nitrogens is 1. The fraction of sp³-hybridized carbons (Fsp3) is 0.250. The molecule has 2 aliphatic heterocycles. The van der Waals surface area contributed by atoms with Crippen molar-refractivity contribution in [3.63, 3.8) is 0 Å². The van der Waals surface area contributed by atoms with E-state index in [0.717, 1.165) is 34.1 Å². The highest BCUT2D eigenvalue weighted by Crippen LogP contribution is 2.28. The second-order valence-electron chi connectivity index (χ2n) is 9.41. The summed E-state index contributed by atoms with van der Waals surface area (Å²) in [7, 11) is 0. The molecule has 2 aromatic carbocycles. The minimum absolute atomic E-state index is 0.0310. The Bertz CT molecular complexity index is 1440. The molecule has 2 amide bonds. The van der Waals surface area contributed by atoms with Crippen LogP contribution >= 0.6 is 0 Å². The summed E-state index contributed by atoms with van der Waals surface area (Å²) < 4.78 is 5.55. The van der Waals surface area contributed by atoms with Gasteiger partial charge in [0.15, 0.2) is 0 Å². The van der Waals surface area contributed by atoms with E-state index in [4.69, 9.17) is 4.74 Å². The Morgan fingerprint density at radius 3 is 2.69 bits per heavy atom. The molecule has 176 valence electrons. The number of carbonyl (C=O) groups excluding carboxylic acids is 2. The third-order valence-electron chi connectivity index (χ3n) is 7.02. The van der Waals surface area contributed by atoms with Gasteiger partial charge < -0.3 is 14.6 Å². The van der Waals surface area contributed by atoms with Crippen LogP contribution in [-0.2, 0) is 37.4 Å². The van der Waals surface area contributed by atoms with Crippen molar-refractivity contribution in [1.82, 2.24) is 19.8 Å². The van der Waals surface area contributed by atoms with Crippen LogP contribution in [0.2, 0.25) is 0 Å². The largest absolute Gasteiger partial charge is 0.444 e. The fourth-order valence-electron chi connectivity index (χ4n) is 5.07. The van der Waals surface area contributed by atoms with Crippen LogP contribution in [-0.4, -0.2) is 37.8 Å². The van der Waals surface area contributed by atoms with E-state index in [2.05, 4.69) is 35.1 Å². The second-order valence-corrected chi connectivity index (χ2v) is 9.41. The first-order valence-corrected chi connectivity index (χ1v) is 11.9. The second kappa shape index (κ2) is 8.58. The number of hydrogen-bond donors (Lipinski definition) is 1. The van der Waals surface area contributed by atoms with E-state index in [1.165, 1.54) is 11.1 Å². The van der Waals surface area contributed by atoms with Crippen molar-refractivity contribution in [2.45, 2.75) is 45.6 Å². The van der Waals surface area contributed by atoms with E-state index in [1.807, 2.05) is 47.5 Å². The number of carbonyl (C=O) groups is 2. The van der Waals surface area contributed by atoms with Gasteiger partial charge in [0.05, 0.1) is 0 Å². The van der Waals surface area contributed by atoms with E-state index in [-0.39, 0.29) is 24.6 Å². The minimum Gasteiger partial charge on any atom is -0.444 e. The van der Waals surface area contributed by atoms with Crippen molar-refractivity contribution in [1.29, 1.82) is 0 Å². The van der Waals surface area contributed by atoms with Gasteiger partial charge in [-0.05, 0) is 59.9 Å². The molecule has 2 aromatic heterocycles. The number of aromatic nitrogens is 2. The van der Waals surface area contributed by atoms with Crippen molar-refractivity contribution in [2.24, 2.45) is 0 Å². The number of pyridine rings is 1. The zero-order chi connectivity index (χ0) is 23.9. The number of rotatable bonds is 3. The van der Waals surface area contributed by atoms with Gasteiger partial charge >= 0.3 is 6.09 Å². The molecule has 6 rings (SSSR count). The van der Waals surface area contributed by atoms with Gasteiger partial charge in [0.1, 0.15) is 12.3 Å². The Labute approximate surface area is 203 Å². The molecule has 7 heteroatoms. The lowest BCUT2D eigenvalue weighted by molar-refractivity contribution is 0.0658. The number of nitrogens with one attached hydrogen (secondary N) is 1. The van der Waals surface area contributed by atoms with Gasteiger partial charge in [0, 0.05) is 54.6 Å². The van der Waals surface area contributed by atoms with Gasteiger partial charge in [-0.15, -0.1) is 0 Å². The first kappa shape index (κ1) is 21.4. The standard InChI is InChI=1S/C28H26N4O3/c1-18-10-20-4-2-3-5-23(20)16-32(18)27(33)22-6-7-24-14-31(15-25(24)12-22)28(34)35-17-19-11-21-8-9-29-26(21)30-13-19/h2-9,11-13,18H,10,14-17H2,1H3,(H,29,30)/t18-/m1/s1. The number of amides is 2. The average Bonchev–Trinajstić information content (AvgIpc) is 3.52. The molecule has 0 fully saturated rings. The average molecular weight is 467 g/mol. The van der Waals surface area contributed by atoms with Crippen molar-refractivity contribution in [3.05, 3.63) is 100 Å². The third-order valence-corrected chi connectivity index (χ3v) is 7.02. The lowest BCUT2D eigenvalue weighted by Crippen LogP contribution is -2.42. The maximum atomic E-state index is 13.4. The van der Waals surface area contributed by atoms with Gasteiger partial charge in [-0.3, -0.25) is 9.69 Å². The zero-order valence-electron chi connectivity index (χ0n) is 19.5. The first-order valence-electron chi connectivity index (χ1n) is 11.9. The molecule has 0 unspecified atom stereocenters. The van der Waals surface area contributed by atoms with Crippen LogP contribution in [0.3, 0.4) is 0 Å². The summed E-state index contributed by atoms with van der Waals surface area (Å²) in [5.74, 6) is 0.0310. The molecular formula is C28H26N4O3. The summed E-state index contributed by atoms with van der Waals surface area (Å²) in [4.78, 5) is 37.1. The summed E-state index contributed by atoms with van der Waals surface area (Å²) in [5, 5.41) is 0.982. The van der Waals surface area contributed by atoms with Crippen LogP contribution in [0, 0.1) is 0 Å². The number of ether oxygens (including phenoxy) is 1. The van der Waals surface area contributed by atoms with E-state index < -0.39 is 0 Å². The Kier molecular flexibility index (Phi) is 5.25. The van der Waals surface area contributed by atoms with Crippen molar-refractivity contribution >= 4 is 23.0 Å². The molecule has 0 bridgehead atoms. The van der Waals surface area contributed by atoms with Gasteiger partial charge in [-0.25, -0.2) is 9.78 Å². The van der Waals surface area contributed by atoms with Crippen LogP contribution in [0.1, 0.15) is 45.1 Å². The smallest absolute Gasteiger partial charge is 0.410 e. The third kappa shape index (κ3) is 4.03. The molecule has 0 saturated carbocycles. The molecule has 7 nitrogen and oxygen atoms in total. The van der Waals surface area contributed by atoms with E-state index in [0.29, 0.717) is 25.2 Å². The quantitative estimate of drug-likeness (QED) is 0.470. The fourth-order valence-corrected chi connectivity index (χ4v) is 5.07. The molecule has 1 atom stereocenters. The van der Waals surface area contributed by atoms with Crippen molar-refractivity contribution in [3.8, 4) is 0 Å². The van der Waals surface area contributed by atoms with Crippen LogP contribution in [0.25, 0.3) is 11.0 Å². The SMILES string of the molecule is C[C@@H]1Cc2ccccc2CN1C(=O)c1ccc2c(c1)CN(C(=O)OCc1cnc3[nH]ccc3c1)C2. The van der Waals surface area contributed by atoms with Crippen LogP contribution in [0.5, 0.6) is 0 Å². The van der Waals surface area contributed by atoms with Crippen LogP contribution in [0.15, 0.2) is 67.0 Å². The summed E-state index contributed by atoms with van der Waals surface area (Å²) in [5.41, 5.74) is 6.88. The van der Waals surface area contributed by atoms with Gasteiger partial charge in [-0.1, -0.05) is 30.3 Å². The van der Waals surface area contributed by atoms with Crippen molar-refractivity contribution < 1.29 is 14.3 Å². The summed E-state index contributed by atoms with van der Waals surface area (Å²) in [6.07, 6.45) is 4.03. The van der Waals surface area contributed by atoms with E-state index >= 15 is 0 Å². The lowest BCUT2D eigenvalue weighted by atomic mass is 9.94. The number of aromatic amines is 1. The Hall–Kier alpha value is -4.13. The molecule has 0 saturated heterocycles. The molecule has 4 heterocycles. The normalized spacial score (nSPS) is 16.8. The molecule has 0 radical (unpaired) electrons. The monoisotopic (exact) mass is 466 g/mol. The molecule has 0 spiro atoms. The highest BCUT2D eigenvalue weighted by atomic mass is 16.6. The van der Waals surface area contributed by atoms with Gasteiger partial charge in [0.25, 0.3) is 5.91 Å². The van der Waals surface area contributed by atoms with Crippen LogP contribution in [0.4, 0.5) is 4.79 Å². The number of benzene rings is 2. The maximum Gasteiger partial charge on any atom is 0.410 e. The topological polar surface area (TPSA) is 78.5 Å². The van der Waals surface area contributed by atoms with Gasteiger partial charge in [-0.2, -0.15) is 0 Å².